The molecule has 24 heavy (non-hydrogen) atoms. The standard InChI is InChI=1S/C19H19N3OS/c1-22-18(16-10-12-17(23-2)13-11-16)20-21-19(22)24-14-6-9-15-7-4-3-5-8-15/h3-13H,14H2,1-2H3/b9-6+. The Hall–Kier alpha value is -2.53. The topological polar surface area (TPSA) is 39.9 Å². The first-order valence-electron chi connectivity index (χ1n) is 7.66. The molecular weight excluding hydrogens is 318 g/mol. The molecule has 0 N–H and O–H groups in total. The molecule has 0 atom stereocenters. The zero-order valence-electron chi connectivity index (χ0n) is 13.7. The van der Waals surface area contributed by atoms with E-state index in [1.54, 1.807) is 18.9 Å². The van der Waals surface area contributed by atoms with Crippen molar-refractivity contribution in [1.29, 1.82) is 0 Å². The average Bonchev–Trinajstić information content (AvgIpc) is 3.00. The summed E-state index contributed by atoms with van der Waals surface area (Å²) in [5.41, 5.74) is 2.23. The molecule has 0 unspecified atom stereocenters. The van der Waals surface area contributed by atoms with Crippen LogP contribution in [0.3, 0.4) is 0 Å². The molecule has 3 rings (SSSR count). The Morgan fingerprint density at radius 2 is 1.79 bits per heavy atom. The Kier molecular flexibility index (Phi) is 5.33. The number of hydrogen-bond acceptors (Lipinski definition) is 4. The third kappa shape index (κ3) is 3.86. The predicted octanol–water partition coefficient (Wildman–Crippen LogP) is 4.30. The van der Waals surface area contributed by atoms with Crippen LogP contribution in [0.1, 0.15) is 5.56 Å². The van der Waals surface area contributed by atoms with Gasteiger partial charge in [-0.3, -0.25) is 0 Å². The molecule has 0 bridgehead atoms. The van der Waals surface area contributed by atoms with Crippen LogP contribution in [0.5, 0.6) is 5.75 Å². The normalized spacial score (nSPS) is 11.1. The fraction of sp³-hybridized carbons (Fsp3) is 0.158. The van der Waals surface area contributed by atoms with Crippen molar-refractivity contribution in [2.24, 2.45) is 7.05 Å². The molecule has 1 aromatic heterocycles. The number of hydrogen-bond donors (Lipinski definition) is 0. The lowest BCUT2D eigenvalue weighted by atomic mass is 10.2. The van der Waals surface area contributed by atoms with Crippen LogP contribution >= 0.6 is 11.8 Å². The van der Waals surface area contributed by atoms with Crippen molar-refractivity contribution in [3.05, 3.63) is 66.2 Å². The van der Waals surface area contributed by atoms with E-state index in [2.05, 4.69) is 34.5 Å². The largest absolute Gasteiger partial charge is 0.497 e. The van der Waals surface area contributed by atoms with E-state index >= 15 is 0 Å². The number of benzene rings is 2. The summed E-state index contributed by atoms with van der Waals surface area (Å²) in [6.45, 7) is 0. The molecule has 2 aromatic carbocycles. The van der Waals surface area contributed by atoms with Crippen LogP contribution in [0.15, 0.2) is 65.8 Å². The minimum atomic E-state index is 0.835. The van der Waals surface area contributed by atoms with Crippen LogP contribution < -0.4 is 4.74 Å². The van der Waals surface area contributed by atoms with Crippen LogP contribution in [-0.2, 0) is 7.05 Å². The summed E-state index contributed by atoms with van der Waals surface area (Å²) in [5.74, 6) is 2.54. The van der Waals surface area contributed by atoms with Crippen molar-refractivity contribution in [2.75, 3.05) is 12.9 Å². The van der Waals surface area contributed by atoms with Crippen molar-refractivity contribution in [1.82, 2.24) is 14.8 Å². The van der Waals surface area contributed by atoms with Crippen molar-refractivity contribution in [2.45, 2.75) is 5.16 Å². The highest BCUT2D eigenvalue weighted by molar-refractivity contribution is 7.99. The number of methoxy groups -OCH3 is 1. The molecule has 1 heterocycles. The summed E-state index contributed by atoms with van der Waals surface area (Å²) in [6.07, 6.45) is 4.26. The zero-order valence-corrected chi connectivity index (χ0v) is 14.5. The molecule has 0 fully saturated rings. The highest BCUT2D eigenvalue weighted by Gasteiger charge is 2.10. The van der Waals surface area contributed by atoms with Crippen LogP contribution in [0.25, 0.3) is 17.5 Å². The number of rotatable bonds is 6. The first kappa shape index (κ1) is 16.3. The first-order valence-corrected chi connectivity index (χ1v) is 8.64. The Balaban J connectivity index is 1.65. The number of nitrogens with zero attached hydrogens (tertiary/aromatic N) is 3. The second-order valence-corrected chi connectivity index (χ2v) is 6.20. The molecule has 0 spiro atoms. The van der Waals surface area contributed by atoms with Gasteiger partial charge in [-0.1, -0.05) is 54.2 Å². The van der Waals surface area contributed by atoms with Gasteiger partial charge in [0.1, 0.15) is 5.75 Å². The fourth-order valence-electron chi connectivity index (χ4n) is 2.30. The summed E-state index contributed by atoms with van der Waals surface area (Å²) in [7, 11) is 3.65. The van der Waals surface area contributed by atoms with Crippen LogP contribution in [0, 0.1) is 0 Å². The van der Waals surface area contributed by atoms with Crippen LogP contribution in [0.2, 0.25) is 0 Å². The highest BCUT2D eigenvalue weighted by Crippen LogP contribution is 2.24. The average molecular weight is 337 g/mol. The van der Waals surface area contributed by atoms with E-state index in [1.165, 1.54) is 5.56 Å². The van der Waals surface area contributed by atoms with Gasteiger partial charge in [-0.2, -0.15) is 0 Å². The number of ether oxygens (including phenoxy) is 1. The van der Waals surface area contributed by atoms with E-state index in [0.717, 1.165) is 28.0 Å². The lowest BCUT2D eigenvalue weighted by Crippen LogP contribution is -1.95. The SMILES string of the molecule is COc1ccc(-c2nnc(SC/C=C/c3ccccc3)n2C)cc1. The second-order valence-electron chi connectivity index (χ2n) is 5.22. The maximum Gasteiger partial charge on any atom is 0.191 e. The van der Waals surface area contributed by atoms with E-state index in [0.29, 0.717) is 0 Å². The molecule has 0 radical (unpaired) electrons. The summed E-state index contributed by atoms with van der Waals surface area (Å²) >= 11 is 1.67. The third-order valence-electron chi connectivity index (χ3n) is 3.60. The molecule has 0 amide bonds. The van der Waals surface area contributed by atoms with Crippen molar-refractivity contribution >= 4 is 17.8 Å². The number of thioether (sulfide) groups is 1. The van der Waals surface area contributed by atoms with Gasteiger partial charge in [0, 0.05) is 18.4 Å². The minimum absolute atomic E-state index is 0.835. The maximum atomic E-state index is 5.19. The molecule has 5 heteroatoms. The molecular formula is C19H19N3OS. The first-order chi connectivity index (χ1) is 11.8. The van der Waals surface area contributed by atoms with Crippen LogP contribution in [-0.4, -0.2) is 27.6 Å². The smallest absolute Gasteiger partial charge is 0.191 e. The molecule has 0 aliphatic carbocycles. The van der Waals surface area contributed by atoms with Gasteiger partial charge < -0.3 is 9.30 Å². The van der Waals surface area contributed by atoms with Gasteiger partial charge in [-0.25, -0.2) is 0 Å². The molecule has 4 nitrogen and oxygen atoms in total. The van der Waals surface area contributed by atoms with Gasteiger partial charge in [0.15, 0.2) is 11.0 Å². The van der Waals surface area contributed by atoms with Gasteiger partial charge in [0.05, 0.1) is 7.11 Å². The Morgan fingerprint density at radius 1 is 1.04 bits per heavy atom. The second kappa shape index (κ2) is 7.84. The molecule has 0 saturated carbocycles. The third-order valence-corrected chi connectivity index (χ3v) is 4.57. The van der Waals surface area contributed by atoms with Crippen molar-refractivity contribution in [3.63, 3.8) is 0 Å². The Bertz CT molecular complexity index is 810. The summed E-state index contributed by atoms with van der Waals surface area (Å²) < 4.78 is 7.20. The molecule has 3 aromatic rings. The van der Waals surface area contributed by atoms with Crippen LogP contribution in [0.4, 0.5) is 0 Å². The number of aromatic nitrogens is 3. The van der Waals surface area contributed by atoms with Gasteiger partial charge in [0.25, 0.3) is 0 Å². The lowest BCUT2D eigenvalue weighted by molar-refractivity contribution is 0.415. The highest BCUT2D eigenvalue weighted by atomic mass is 32.2. The zero-order chi connectivity index (χ0) is 16.8. The van der Waals surface area contributed by atoms with E-state index in [4.69, 9.17) is 4.74 Å². The van der Waals surface area contributed by atoms with Gasteiger partial charge in [0.2, 0.25) is 0 Å². The van der Waals surface area contributed by atoms with Gasteiger partial charge in [-0.05, 0) is 29.8 Å². The van der Waals surface area contributed by atoms with E-state index in [-0.39, 0.29) is 0 Å². The quantitative estimate of drug-likeness (QED) is 0.629. The van der Waals surface area contributed by atoms with Crippen molar-refractivity contribution in [3.8, 4) is 17.1 Å². The summed E-state index contributed by atoms with van der Waals surface area (Å²) in [5, 5.41) is 9.50. The minimum Gasteiger partial charge on any atom is -0.497 e. The molecule has 0 aliphatic heterocycles. The lowest BCUT2D eigenvalue weighted by Gasteiger charge is -2.04. The van der Waals surface area contributed by atoms with E-state index < -0.39 is 0 Å². The summed E-state index contributed by atoms with van der Waals surface area (Å²) in [6, 6.07) is 18.1. The van der Waals surface area contributed by atoms with E-state index in [9.17, 15) is 0 Å². The monoisotopic (exact) mass is 337 g/mol. The molecule has 0 aliphatic rings. The summed E-state index contributed by atoms with van der Waals surface area (Å²) in [4.78, 5) is 0. The van der Waals surface area contributed by atoms with Crippen molar-refractivity contribution < 1.29 is 4.74 Å². The molecule has 0 saturated heterocycles. The van der Waals surface area contributed by atoms with Gasteiger partial charge >= 0.3 is 0 Å². The predicted molar refractivity (Wildman–Crippen MR) is 99.2 cm³/mol. The van der Waals surface area contributed by atoms with Gasteiger partial charge in [-0.15, -0.1) is 10.2 Å². The Labute approximate surface area is 146 Å². The maximum absolute atomic E-state index is 5.19. The van der Waals surface area contributed by atoms with E-state index in [1.807, 2.05) is 54.1 Å². The fourth-order valence-corrected chi connectivity index (χ4v) is 3.02. The molecule has 122 valence electrons. The Morgan fingerprint density at radius 3 is 2.50 bits per heavy atom.